The second kappa shape index (κ2) is 6.04. The summed E-state index contributed by atoms with van der Waals surface area (Å²) in [6.45, 7) is 0. The number of pyridine rings is 1. The van der Waals surface area contributed by atoms with Crippen molar-refractivity contribution in [3.63, 3.8) is 0 Å². The number of phenolic OH excluding ortho intramolecular Hbond substituents is 1. The molecule has 0 spiro atoms. The second-order valence-electron chi connectivity index (χ2n) is 4.96. The van der Waals surface area contributed by atoms with Gasteiger partial charge in [0.05, 0.1) is 32.5 Å². The van der Waals surface area contributed by atoms with Crippen molar-refractivity contribution in [1.82, 2.24) is 4.98 Å². The number of ether oxygens (including phenoxy) is 3. The minimum Gasteiger partial charge on any atom is -0.504 e. The van der Waals surface area contributed by atoms with Crippen LogP contribution < -0.4 is 14.2 Å². The zero-order valence-corrected chi connectivity index (χ0v) is 13.2. The standard InChI is InChI=1S/C18H17NO4/c1-21-12-6-4-5-11(9-12)14-8-7-13-15(19-14)10-16(20)18(23-3)17(13)22-2/h4-10,20H,1-3H3. The molecule has 0 bridgehead atoms. The molecule has 0 saturated heterocycles. The Morgan fingerprint density at radius 1 is 0.870 bits per heavy atom. The molecule has 5 heteroatoms. The van der Waals surface area contributed by atoms with E-state index >= 15 is 0 Å². The van der Waals surface area contributed by atoms with Crippen molar-refractivity contribution < 1.29 is 19.3 Å². The Labute approximate surface area is 134 Å². The molecule has 118 valence electrons. The molecule has 0 atom stereocenters. The van der Waals surface area contributed by atoms with Gasteiger partial charge >= 0.3 is 0 Å². The minimum atomic E-state index is -0.00728. The maximum Gasteiger partial charge on any atom is 0.203 e. The van der Waals surface area contributed by atoms with E-state index in [4.69, 9.17) is 14.2 Å². The summed E-state index contributed by atoms with van der Waals surface area (Å²) in [5.74, 6) is 1.52. The first-order valence-corrected chi connectivity index (χ1v) is 7.07. The van der Waals surface area contributed by atoms with Gasteiger partial charge in [-0.25, -0.2) is 4.98 Å². The van der Waals surface area contributed by atoms with Gasteiger partial charge < -0.3 is 19.3 Å². The van der Waals surface area contributed by atoms with Gasteiger partial charge in [0, 0.05) is 17.0 Å². The average molecular weight is 311 g/mol. The Morgan fingerprint density at radius 3 is 2.35 bits per heavy atom. The lowest BCUT2D eigenvalue weighted by Gasteiger charge is -2.13. The Balaban J connectivity index is 2.19. The summed E-state index contributed by atoms with van der Waals surface area (Å²) in [7, 11) is 4.65. The molecule has 0 aliphatic heterocycles. The van der Waals surface area contributed by atoms with Gasteiger partial charge in [0.1, 0.15) is 5.75 Å². The van der Waals surface area contributed by atoms with Gasteiger partial charge in [-0.2, -0.15) is 0 Å². The number of nitrogens with zero attached hydrogens (tertiary/aromatic N) is 1. The summed E-state index contributed by atoms with van der Waals surface area (Å²) in [6.07, 6.45) is 0. The Kier molecular flexibility index (Phi) is 3.93. The van der Waals surface area contributed by atoms with E-state index < -0.39 is 0 Å². The molecule has 0 aliphatic carbocycles. The van der Waals surface area contributed by atoms with Crippen molar-refractivity contribution in [2.45, 2.75) is 0 Å². The molecule has 0 saturated carbocycles. The van der Waals surface area contributed by atoms with Crippen LogP contribution in [0.3, 0.4) is 0 Å². The van der Waals surface area contributed by atoms with E-state index in [0.29, 0.717) is 17.0 Å². The molecule has 3 aromatic rings. The van der Waals surface area contributed by atoms with Crippen molar-refractivity contribution in [2.24, 2.45) is 0 Å². The van der Waals surface area contributed by atoms with Crippen LogP contribution in [0.4, 0.5) is 0 Å². The van der Waals surface area contributed by atoms with Crippen LogP contribution in [0.5, 0.6) is 23.0 Å². The van der Waals surface area contributed by atoms with Gasteiger partial charge in [-0.1, -0.05) is 12.1 Å². The minimum absolute atomic E-state index is 0.00728. The van der Waals surface area contributed by atoms with Gasteiger partial charge in [0.2, 0.25) is 5.75 Å². The summed E-state index contributed by atoms with van der Waals surface area (Å²) in [6, 6.07) is 13.0. The highest BCUT2D eigenvalue weighted by atomic mass is 16.5. The molecule has 0 unspecified atom stereocenters. The fourth-order valence-corrected chi connectivity index (χ4v) is 2.55. The molecule has 0 amide bonds. The SMILES string of the molecule is COc1cccc(-c2ccc3c(OC)c(OC)c(O)cc3n2)c1. The number of hydrogen-bond donors (Lipinski definition) is 1. The maximum absolute atomic E-state index is 10.1. The quantitative estimate of drug-likeness (QED) is 0.797. The molecule has 2 aromatic carbocycles. The van der Waals surface area contributed by atoms with Gasteiger partial charge in [-0.3, -0.25) is 0 Å². The Hall–Kier alpha value is -2.95. The van der Waals surface area contributed by atoms with Crippen LogP contribution in [0.1, 0.15) is 0 Å². The van der Waals surface area contributed by atoms with E-state index in [1.165, 1.54) is 14.2 Å². The average Bonchev–Trinajstić information content (AvgIpc) is 2.60. The van der Waals surface area contributed by atoms with Gasteiger partial charge in [0.25, 0.3) is 0 Å². The third kappa shape index (κ3) is 2.61. The van der Waals surface area contributed by atoms with Gasteiger partial charge in [-0.15, -0.1) is 0 Å². The van der Waals surface area contributed by atoms with Crippen LogP contribution in [0, 0.1) is 0 Å². The van der Waals surface area contributed by atoms with Gasteiger partial charge in [0.15, 0.2) is 11.5 Å². The monoisotopic (exact) mass is 311 g/mol. The van der Waals surface area contributed by atoms with Crippen LogP contribution in [0.15, 0.2) is 42.5 Å². The van der Waals surface area contributed by atoms with Crippen molar-refractivity contribution in [2.75, 3.05) is 21.3 Å². The lowest BCUT2D eigenvalue weighted by molar-refractivity contribution is 0.336. The van der Waals surface area contributed by atoms with Crippen LogP contribution in [0.2, 0.25) is 0 Å². The molecule has 1 N–H and O–H groups in total. The number of rotatable bonds is 4. The fourth-order valence-electron chi connectivity index (χ4n) is 2.55. The molecule has 1 heterocycles. The number of methoxy groups -OCH3 is 3. The molecule has 1 aromatic heterocycles. The van der Waals surface area contributed by atoms with E-state index in [1.807, 2.05) is 36.4 Å². The number of aromatic hydroxyl groups is 1. The highest BCUT2D eigenvalue weighted by Crippen LogP contribution is 2.42. The third-order valence-corrected chi connectivity index (χ3v) is 3.66. The van der Waals surface area contributed by atoms with Crippen molar-refractivity contribution in [3.05, 3.63) is 42.5 Å². The van der Waals surface area contributed by atoms with E-state index in [2.05, 4.69) is 4.98 Å². The van der Waals surface area contributed by atoms with Crippen LogP contribution in [-0.2, 0) is 0 Å². The van der Waals surface area contributed by atoms with E-state index in [0.717, 1.165) is 22.4 Å². The van der Waals surface area contributed by atoms with E-state index in [1.54, 1.807) is 13.2 Å². The number of benzene rings is 2. The summed E-state index contributed by atoms with van der Waals surface area (Å²) in [4.78, 5) is 4.61. The molecule has 3 rings (SSSR count). The number of phenols is 1. The Bertz CT molecular complexity index is 861. The first kappa shape index (κ1) is 15.0. The molecule has 23 heavy (non-hydrogen) atoms. The van der Waals surface area contributed by atoms with Crippen molar-refractivity contribution in [3.8, 4) is 34.3 Å². The van der Waals surface area contributed by atoms with Crippen LogP contribution in [-0.4, -0.2) is 31.4 Å². The predicted octanol–water partition coefficient (Wildman–Crippen LogP) is 3.63. The zero-order valence-electron chi connectivity index (χ0n) is 13.2. The topological polar surface area (TPSA) is 60.8 Å². The summed E-state index contributed by atoms with van der Waals surface area (Å²) >= 11 is 0. The number of fused-ring (bicyclic) bond motifs is 1. The van der Waals surface area contributed by atoms with Crippen LogP contribution in [0.25, 0.3) is 22.2 Å². The second-order valence-corrected chi connectivity index (χ2v) is 4.96. The predicted molar refractivity (Wildman–Crippen MR) is 88.5 cm³/mol. The van der Waals surface area contributed by atoms with Gasteiger partial charge in [-0.05, 0) is 24.3 Å². The lowest BCUT2D eigenvalue weighted by Crippen LogP contribution is -1.94. The first-order chi connectivity index (χ1) is 11.2. The van der Waals surface area contributed by atoms with Crippen molar-refractivity contribution in [1.29, 1.82) is 0 Å². The number of aromatic nitrogens is 1. The summed E-state index contributed by atoms with van der Waals surface area (Å²) in [5.41, 5.74) is 2.34. The largest absolute Gasteiger partial charge is 0.504 e. The van der Waals surface area contributed by atoms with E-state index in [9.17, 15) is 5.11 Å². The fraction of sp³-hybridized carbons (Fsp3) is 0.167. The van der Waals surface area contributed by atoms with E-state index in [-0.39, 0.29) is 5.75 Å². The first-order valence-electron chi connectivity index (χ1n) is 7.07. The molecule has 0 fully saturated rings. The zero-order chi connectivity index (χ0) is 16.4. The molecule has 0 radical (unpaired) electrons. The Morgan fingerprint density at radius 2 is 1.65 bits per heavy atom. The smallest absolute Gasteiger partial charge is 0.203 e. The molecular weight excluding hydrogens is 294 g/mol. The normalized spacial score (nSPS) is 10.6. The summed E-state index contributed by atoms with van der Waals surface area (Å²) in [5, 5.41) is 10.9. The molecule has 5 nitrogen and oxygen atoms in total. The summed E-state index contributed by atoms with van der Waals surface area (Å²) < 4.78 is 15.8. The highest BCUT2D eigenvalue weighted by molar-refractivity contribution is 5.91. The number of hydrogen-bond acceptors (Lipinski definition) is 5. The molecule has 0 aliphatic rings. The lowest BCUT2D eigenvalue weighted by atomic mass is 10.1. The molecular formula is C18H17NO4. The maximum atomic E-state index is 10.1. The third-order valence-electron chi connectivity index (χ3n) is 3.66. The van der Waals surface area contributed by atoms with Crippen molar-refractivity contribution >= 4 is 10.9 Å². The van der Waals surface area contributed by atoms with Crippen LogP contribution >= 0.6 is 0 Å². The highest BCUT2D eigenvalue weighted by Gasteiger charge is 2.16.